The third-order valence-corrected chi connectivity index (χ3v) is 17.4. The van der Waals surface area contributed by atoms with Crippen molar-refractivity contribution in [1.82, 2.24) is 0 Å². The number of para-hydroxylation sites is 4. The zero-order valence-corrected chi connectivity index (χ0v) is 40.7. The minimum absolute atomic E-state index is 0. The van der Waals surface area contributed by atoms with E-state index in [2.05, 4.69) is 0 Å². The fourth-order valence-electron chi connectivity index (χ4n) is 7.27. The summed E-state index contributed by atoms with van der Waals surface area (Å²) < 4.78 is 85.5. The van der Waals surface area contributed by atoms with E-state index in [1.54, 1.807) is 36.4 Å². The van der Waals surface area contributed by atoms with E-state index in [9.17, 15) is 25.9 Å². The summed E-state index contributed by atoms with van der Waals surface area (Å²) in [6.45, 7) is 7.96. The van der Waals surface area contributed by atoms with E-state index in [0.29, 0.717) is 22.1 Å². The number of ether oxygens (including phenoxy) is 2. The summed E-state index contributed by atoms with van der Waals surface area (Å²) in [6.07, 6.45) is 0. The SMILES string of the molecule is Cc1cccc(C)c1Oc1ccccc1P(c1ccccc1)c1ccccc1S(=O)(=O)[O-].Cc1cccc(C)c1Oc1ccccc1P(c1ccccc1)c1ccccc1S(=O)(=O)[O-].[Pd+2]. The molecule has 0 aromatic heterocycles. The fourth-order valence-corrected chi connectivity index (χ4v) is 14.4. The molecule has 332 valence electrons. The van der Waals surface area contributed by atoms with Crippen LogP contribution in [0.4, 0.5) is 0 Å². The summed E-state index contributed by atoms with van der Waals surface area (Å²) in [6, 6.07) is 59.3. The van der Waals surface area contributed by atoms with Crippen LogP contribution in [0.3, 0.4) is 0 Å². The second kappa shape index (κ2) is 21.8. The van der Waals surface area contributed by atoms with Gasteiger partial charge in [0.25, 0.3) is 0 Å². The van der Waals surface area contributed by atoms with Crippen molar-refractivity contribution in [3.63, 3.8) is 0 Å². The molecule has 0 N–H and O–H groups in total. The third-order valence-electron chi connectivity index (χ3n) is 10.2. The molecule has 2 unspecified atom stereocenters. The van der Waals surface area contributed by atoms with E-state index in [4.69, 9.17) is 9.47 Å². The summed E-state index contributed by atoms with van der Waals surface area (Å²) in [5.41, 5.74) is 4.02. The Morgan fingerprint density at radius 2 is 0.631 bits per heavy atom. The van der Waals surface area contributed by atoms with Gasteiger partial charge in [-0.05, 0) is 101 Å². The van der Waals surface area contributed by atoms with Crippen LogP contribution in [0.5, 0.6) is 23.0 Å². The molecule has 0 spiro atoms. The zero-order chi connectivity index (χ0) is 45.4. The molecule has 8 nitrogen and oxygen atoms in total. The minimum atomic E-state index is -4.65. The minimum Gasteiger partial charge on any atom is -0.744 e. The van der Waals surface area contributed by atoms with Crippen molar-refractivity contribution in [3.8, 4) is 23.0 Å². The molecule has 13 heteroatoms. The summed E-state index contributed by atoms with van der Waals surface area (Å²) >= 11 is 0. The number of hydrogen-bond acceptors (Lipinski definition) is 8. The normalized spacial score (nSPS) is 12.2. The van der Waals surface area contributed by atoms with E-state index in [1.807, 2.05) is 173 Å². The molecule has 0 amide bonds. The third kappa shape index (κ3) is 11.8. The Hall–Kier alpha value is -5.30. The molecular formula is C52H44O8P2PdS2. The Kier molecular flexibility index (Phi) is 16.5. The summed E-state index contributed by atoms with van der Waals surface area (Å²) in [5.74, 6) is 2.82. The van der Waals surface area contributed by atoms with Crippen molar-refractivity contribution >= 4 is 67.9 Å². The monoisotopic (exact) mass is 1030 g/mol. The number of aryl methyl sites for hydroxylation is 4. The van der Waals surface area contributed by atoms with Crippen molar-refractivity contribution in [3.05, 3.63) is 216 Å². The second-order valence-corrected chi connectivity index (χ2v) is 21.8. The zero-order valence-electron chi connectivity index (χ0n) is 35.8. The quantitative estimate of drug-likeness (QED) is 0.0672. The molecule has 0 bridgehead atoms. The fraction of sp³-hybridized carbons (Fsp3) is 0.0769. The predicted octanol–water partition coefficient (Wildman–Crippen LogP) is 9.51. The van der Waals surface area contributed by atoms with Gasteiger partial charge in [0.05, 0.1) is 9.79 Å². The van der Waals surface area contributed by atoms with Crippen LogP contribution < -0.4 is 41.3 Å². The van der Waals surface area contributed by atoms with Gasteiger partial charge < -0.3 is 18.6 Å². The predicted molar refractivity (Wildman–Crippen MR) is 258 cm³/mol. The van der Waals surface area contributed by atoms with E-state index in [0.717, 1.165) is 55.0 Å². The summed E-state index contributed by atoms with van der Waals surface area (Å²) in [7, 11) is -12.1. The molecule has 65 heavy (non-hydrogen) atoms. The summed E-state index contributed by atoms with van der Waals surface area (Å²) in [4.78, 5) is -0.395. The van der Waals surface area contributed by atoms with E-state index < -0.39 is 36.1 Å². The Bertz CT molecular complexity index is 2880. The van der Waals surface area contributed by atoms with Crippen molar-refractivity contribution < 1.29 is 55.8 Å². The Labute approximate surface area is 398 Å². The molecule has 0 radical (unpaired) electrons. The average molecular weight is 1030 g/mol. The van der Waals surface area contributed by atoms with Crippen LogP contribution in [-0.4, -0.2) is 25.9 Å². The van der Waals surface area contributed by atoms with Gasteiger partial charge in [0, 0.05) is 21.2 Å². The molecule has 0 aliphatic heterocycles. The van der Waals surface area contributed by atoms with Gasteiger partial charge in [0.1, 0.15) is 43.2 Å². The largest absolute Gasteiger partial charge is 2.00 e. The standard InChI is InChI=1S/2C26H23O4PS.Pd/c2*1-19-11-10-12-20(2)26(19)30-22-15-6-7-16-23(22)31(21-13-4-3-5-14-21)24-17-8-9-18-25(24)32(27,28)29;/h2*3-18H,1-2H3,(H,27,28,29);/q;;+2/p-2. The maximum Gasteiger partial charge on any atom is 2.00 e. The van der Waals surface area contributed by atoms with Gasteiger partial charge in [-0.1, -0.05) is 170 Å². The molecule has 8 aromatic rings. The van der Waals surface area contributed by atoms with Gasteiger partial charge in [0.15, 0.2) is 0 Å². The van der Waals surface area contributed by atoms with E-state index >= 15 is 0 Å². The van der Waals surface area contributed by atoms with Crippen LogP contribution in [0.15, 0.2) is 204 Å². The van der Waals surface area contributed by atoms with Gasteiger partial charge in [0.2, 0.25) is 0 Å². The molecule has 0 heterocycles. The summed E-state index contributed by atoms with van der Waals surface area (Å²) in [5, 5.41) is 4.51. The van der Waals surface area contributed by atoms with Gasteiger partial charge in [-0.15, -0.1) is 0 Å². The van der Waals surface area contributed by atoms with Crippen molar-refractivity contribution in [2.75, 3.05) is 0 Å². The van der Waals surface area contributed by atoms with Crippen LogP contribution in [0.2, 0.25) is 0 Å². The molecule has 2 atom stereocenters. The topological polar surface area (TPSA) is 133 Å². The maximum absolute atomic E-state index is 12.1. The Balaban J connectivity index is 0.000000212. The second-order valence-electron chi connectivity index (χ2n) is 14.8. The van der Waals surface area contributed by atoms with Crippen LogP contribution >= 0.6 is 15.8 Å². The van der Waals surface area contributed by atoms with Gasteiger partial charge in [-0.3, -0.25) is 0 Å². The molecule has 0 fully saturated rings. The molecule has 0 aliphatic rings. The van der Waals surface area contributed by atoms with E-state index in [1.165, 1.54) is 12.1 Å². The molecule has 8 aromatic carbocycles. The van der Waals surface area contributed by atoms with Crippen LogP contribution in [-0.2, 0) is 40.7 Å². The first-order valence-electron chi connectivity index (χ1n) is 20.2. The van der Waals surface area contributed by atoms with Crippen LogP contribution in [0.25, 0.3) is 0 Å². The average Bonchev–Trinajstić information content (AvgIpc) is 3.28. The van der Waals surface area contributed by atoms with Gasteiger partial charge in [-0.25, -0.2) is 16.8 Å². The van der Waals surface area contributed by atoms with Crippen molar-refractivity contribution in [2.45, 2.75) is 37.5 Å². The van der Waals surface area contributed by atoms with Gasteiger partial charge in [-0.2, -0.15) is 0 Å². The molecular weight excluding hydrogens is 985 g/mol. The first-order chi connectivity index (χ1) is 30.7. The van der Waals surface area contributed by atoms with Gasteiger partial charge >= 0.3 is 20.4 Å². The Morgan fingerprint density at radius 1 is 0.354 bits per heavy atom. The Morgan fingerprint density at radius 3 is 0.954 bits per heavy atom. The van der Waals surface area contributed by atoms with Crippen molar-refractivity contribution in [2.24, 2.45) is 0 Å². The van der Waals surface area contributed by atoms with E-state index in [-0.39, 0.29) is 30.2 Å². The first-order valence-corrected chi connectivity index (χ1v) is 25.7. The number of hydrogen-bond donors (Lipinski definition) is 0. The van der Waals surface area contributed by atoms with Crippen LogP contribution in [0, 0.1) is 27.7 Å². The smallest absolute Gasteiger partial charge is 0.744 e. The molecule has 8 rings (SSSR count). The number of rotatable bonds is 12. The van der Waals surface area contributed by atoms with Crippen LogP contribution in [0.1, 0.15) is 22.3 Å². The van der Waals surface area contributed by atoms with Crippen molar-refractivity contribution in [1.29, 1.82) is 0 Å². The first kappa shape index (κ1) is 49.1. The number of benzene rings is 8. The molecule has 0 aliphatic carbocycles. The molecule has 0 saturated heterocycles. The maximum atomic E-state index is 12.1. The molecule has 0 saturated carbocycles.